The first-order valence-corrected chi connectivity index (χ1v) is 10.6. The largest absolute Gasteiger partial charge is 0.465 e. The molecule has 1 aromatic carbocycles. The highest BCUT2D eigenvalue weighted by atomic mass is 79.9. The maximum Gasteiger partial charge on any atom is 0.341 e. The summed E-state index contributed by atoms with van der Waals surface area (Å²) in [5.41, 5.74) is 2.30. The van der Waals surface area contributed by atoms with Gasteiger partial charge in [0.2, 0.25) is 0 Å². The zero-order valence-electron chi connectivity index (χ0n) is 16.0. The van der Waals surface area contributed by atoms with Crippen LogP contribution in [0.4, 0.5) is 5.00 Å². The normalized spacial score (nSPS) is 16.6. The fraction of sp³-hybridized carbons (Fsp3) is 0.429. The van der Waals surface area contributed by atoms with E-state index in [1.807, 2.05) is 18.2 Å². The highest BCUT2D eigenvalue weighted by molar-refractivity contribution is 9.10. The Morgan fingerprint density at radius 1 is 1.26 bits per heavy atom. The second-order valence-electron chi connectivity index (χ2n) is 7.94. The van der Waals surface area contributed by atoms with E-state index >= 15 is 0 Å². The lowest BCUT2D eigenvalue weighted by atomic mass is 9.72. The minimum atomic E-state index is -0.385. The SMILES string of the molecule is COC(=O)c1c(NC(=O)c2ccccc2Br)sc2c1CCC(C(C)(C)C)C2. The molecule has 0 aliphatic heterocycles. The predicted octanol–water partition coefficient (Wildman–Crippen LogP) is 5.70. The maximum absolute atomic E-state index is 12.7. The van der Waals surface area contributed by atoms with Gasteiger partial charge in [0, 0.05) is 9.35 Å². The van der Waals surface area contributed by atoms with Gasteiger partial charge in [0.1, 0.15) is 5.00 Å². The van der Waals surface area contributed by atoms with Crippen molar-refractivity contribution in [3.63, 3.8) is 0 Å². The molecule has 1 amide bonds. The van der Waals surface area contributed by atoms with Crippen LogP contribution in [-0.2, 0) is 17.6 Å². The van der Waals surface area contributed by atoms with Crippen LogP contribution in [0.3, 0.4) is 0 Å². The van der Waals surface area contributed by atoms with Crippen molar-refractivity contribution in [1.82, 2.24) is 0 Å². The van der Waals surface area contributed by atoms with E-state index in [9.17, 15) is 9.59 Å². The molecule has 1 aliphatic carbocycles. The molecule has 1 unspecified atom stereocenters. The molecule has 0 fully saturated rings. The van der Waals surface area contributed by atoms with Crippen molar-refractivity contribution in [3.05, 3.63) is 50.3 Å². The lowest BCUT2D eigenvalue weighted by Crippen LogP contribution is -2.26. The number of rotatable bonds is 3. The molecular formula is C21H24BrNO3S. The van der Waals surface area contributed by atoms with Crippen molar-refractivity contribution in [2.45, 2.75) is 40.0 Å². The van der Waals surface area contributed by atoms with Crippen molar-refractivity contribution in [2.75, 3.05) is 12.4 Å². The van der Waals surface area contributed by atoms with Gasteiger partial charge in [-0.25, -0.2) is 4.79 Å². The Hall–Kier alpha value is -1.66. The predicted molar refractivity (Wildman–Crippen MR) is 113 cm³/mol. The summed E-state index contributed by atoms with van der Waals surface area (Å²) in [5.74, 6) is -0.0660. The molecule has 6 heteroatoms. The van der Waals surface area contributed by atoms with Crippen LogP contribution in [-0.4, -0.2) is 19.0 Å². The summed E-state index contributed by atoms with van der Waals surface area (Å²) in [7, 11) is 1.38. The first-order valence-electron chi connectivity index (χ1n) is 9.01. The standard InChI is InChI=1S/C21H24BrNO3S/c1-21(2,3)12-9-10-14-16(11-12)27-19(17(14)20(25)26-4)23-18(24)13-7-5-6-8-15(13)22/h5-8,12H,9-11H2,1-4H3,(H,23,24). The van der Waals surface area contributed by atoms with Crippen LogP contribution >= 0.6 is 27.3 Å². The molecule has 1 heterocycles. The summed E-state index contributed by atoms with van der Waals surface area (Å²) >= 11 is 4.92. The summed E-state index contributed by atoms with van der Waals surface area (Å²) in [6, 6.07) is 7.25. The molecule has 0 bridgehead atoms. The van der Waals surface area contributed by atoms with E-state index in [1.165, 1.54) is 23.3 Å². The molecule has 1 atom stereocenters. The van der Waals surface area contributed by atoms with Gasteiger partial charge >= 0.3 is 5.97 Å². The minimum Gasteiger partial charge on any atom is -0.465 e. The Kier molecular flexibility index (Phi) is 5.77. The number of nitrogens with one attached hydrogen (secondary N) is 1. The highest BCUT2D eigenvalue weighted by Gasteiger charge is 2.34. The number of hydrogen-bond acceptors (Lipinski definition) is 4. The summed E-state index contributed by atoms with van der Waals surface area (Å²) in [6.07, 6.45) is 2.80. The summed E-state index contributed by atoms with van der Waals surface area (Å²) in [5, 5.41) is 3.53. The van der Waals surface area contributed by atoms with Crippen molar-refractivity contribution in [2.24, 2.45) is 11.3 Å². The molecule has 4 nitrogen and oxygen atoms in total. The van der Waals surface area contributed by atoms with Gasteiger partial charge in [0.15, 0.2) is 0 Å². The number of esters is 1. The van der Waals surface area contributed by atoms with Gasteiger partial charge in [-0.2, -0.15) is 0 Å². The van der Waals surface area contributed by atoms with E-state index in [0.29, 0.717) is 22.0 Å². The van der Waals surface area contributed by atoms with E-state index in [0.717, 1.165) is 29.3 Å². The lowest BCUT2D eigenvalue weighted by Gasteiger charge is -2.33. The molecule has 1 N–H and O–H groups in total. The second-order valence-corrected chi connectivity index (χ2v) is 9.90. The highest BCUT2D eigenvalue weighted by Crippen LogP contribution is 2.44. The number of carbonyl (C=O) groups is 2. The van der Waals surface area contributed by atoms with Crippen molar-refractivity contribution in [3.8, 4) is 0 Å². The third-order valence-electron chi connectivity index (χ3n) is 5.23. The third-order valence-corrected chi connectivity index (χ3v) is 7.09. The van der Waals surface area contributed by atoms with E-state index < -0.39 is 0 Å². The van der Waals surface area contributed by atoms with Crippen LogP contribution in [0.15, 0.2) is 28.7 Å². The summed E-state index contributed by atoms with van der Waals surface area (Å²) < 4.78 is 5.73. The number of thiophene rings is 1. The van der Waals surface area contributed by atoms with Crippen LogP contribution in [0.2, 0.25) is 0 Å². The molecule has 0 radical (unpaired) electrons. The molecule has 0 saturated carbocycles. The molecule has 1 aromatic heterocycles. The second kappa shape index (κ2) is 7.76. The van der Waals surface area contributed by atoms with Gasteiger partial charge in [-0.15, -0.1) is 11.3 Å². The fourth-order valence-electron chi connectivity index (χ4n) is 3.55. The molecule has 144 valence electrons. The molecule has 0 saturated heterocycles. The summed E-state index contributed by atoms with van der Waals surface area (Å²) in [6.45, 7) is 6.77. The minimum absolute atomic E-state index is 0.214. The van der Waals surface area contributed by atoms with Crippen molar-refractivity contribution < 1.29 is 14.3 Å². The number of benzene rings is 1. The molecule has 1 aliphatic rings. The molecule has 27 heavy (non-hydrogen) atoms. The van der Waals surface area contributed by atoms with Crippen LogP contribution in [0.25, 0.3) is 0 Å². The molecule has 2 aromatic rings. The number of hydrogen-bond donors (Lipinski definition) is 1. The van der Waals surface area contributed by atoms with Crippen molar-refractivity contribution in [1.29, 1.82) is 0 Å². The van der Waals surface area contributed by atoms with Gasteiger partial charge < -0.3 is 10.1 Å². The Morgan fingerprint density at radius 2 is 1.96 bits per heavy atom. The van der Waals surface area contributed by atoms with Crippen molar-refractivity contribution >= 4 is 44.1 Å². The smallest absolute Gasteiger partial charge is 0.341 e. The van der Waals surface area contributed by atoms with Gasteiger partial charge in [-0.05, 0) is 64.2 Å². The van der Waals surface area contributed by atoms with Crippen LogP contribution < -0.4 is 5.32 Å². The number of fused-ring (bicyclic) bond motifs is 1. The van der Waals surface area contributed by atoms with Crippen LogP contribution in [0, 0.1) is 11.3 Å². The average molecular weight is 450 g/mol. The topological polar surface area (TPSA) is 55.4 Å². The van der Waals surface area contributed by atoms with E-state index in [-0.39, 0.29) is 17.3 Å². The van der Waals surface area contributed by atoms with Gasteiger partial charge in [0.25, 0.3) is 5.91 Å². The Bertz CT molecular complexity index is 882. The molecular weight excluding hydrogens is 426 g/mol. The van der Waals surface area contributed by atoms with Gasteiger partial charge in [-0.3, -0.25) is 4.79 Å². The molecule has 3 rings (SSSR count). The Balaban J connectivity index is 1.96. The molecule has 0 spiro atoms. The lowest BCUT2D eigenvalue weighted by molar-refractivity contribution is 0.0600. The van der Waals surface area contributed by atoms with Gasteiger partial charge in [-0.1, -0.05) is 32.9 Å². The number of halogens is 1. The average Bonchev–Trinajstić information content (AvgIpc) is 2.97. The summed E-state index contributed by atoms with van der Waals surface area (Å²) in [4.78, 5) is 26.4. The maximum atomic E-state index is 12.7. The monoisotopic (exact) mass is 449 g/mol. The number of carbonyl (C=O) groups excluding carboxylic acids is 2. The van der Waals surface area contributed by atoms with E-state index in [2.05, 4.69) is 42.0 Å². The van der Waals surface area contributed by atoms with E-state index in [4.69, 9.17) is 4.74 Å². The third kappa shape index (κ3) is 4.11. The van der Waals surface area contributed by atoms with Gasteiger partial charge in [0.05, 0.1) is 18.2 Å². The quantitative estimate of drug-likeness (QED) is 0.611. The zero-order valence-corrected chi connectivity index (χ0v) is 18.4. The number of anilines is 1. The van der Waals surface area contributed by atoms with Crippen LogP contribution in [0.1, 0.15) is 58.3 Å². The Morgan fingerprint density at radius 3 is 2.59 bits per heavy atom. The fourth-order valence-corrected chi connectivity index (χ4v) is 5.32. The number of ether oxygens (including phenoxy) is 1. The number of amides is 1. The van der Waals surface area contributed by atoms with Crippen LogP contribution in [0.5, 0.6) is 0 Å². The first kappa shape index (κ1) is 20.1. The van der Waals surface area contributed by atoms with E-state index in [1.54, 1.807) is 6.07 Å². The first-order chi connectivity index (χ1) is 12.7. The number of methoxy groups -OCH3 is 1. The Labute approximate surface area is 172 Å². The zero-order chi connectivity index (χ0) is 19.8.